The SMILES string of the molecule is CCCN(CC(=O)OCC)C(=O)C1CCC(C(=O)O)O1. The standard InChI is InChI=1S/C13H21NO6/c1-3-7-14(8-11(15)19-4-2)12(16)9-5-6-10(20-9)13(17)18/h9-10H,3-8H2,1-2H3,(H,17,18). The summed E-state index contributed by atoms with van der Waals surface area (Å²) in [7, 11) is 0. The molecule has 0 aromatic heterocycles. The highest BCUT2D eigenvalue weighted by atomic mass is 16.5. The van der Waals surface area contributed by atoms with Crippen LogP contribution in [0, 0.1) is 0 Å². The third kappa shape index (κ3) is 4.48. The highest BCUT2D eigenvalue weighted by molar-refractivity contribution is 5.86. The van der Waals surface area contributed by atoms with E-state index in [4.69, 9.17) is 14.6 Å². The number of amides is 1. The number of aliphatic carboxylic acids is 1. The van der Waals surface area contributed by atoms with Gasteiger partial charge >= 0.3 is 11.9 Å². The maximum atomic E-state index is 12.2. The van der Waals surface area contributed by atoms with Crippen molar-refractivity contribution in [3.63, 3.8) is 0 Å². The fraction of sp³-hybridized carbons (Fsp3) is 0.769. The molecule has 0 aromatic carbocycles. The third-order valence-corrected chi connectivity index (χ3v) is 3.00. The van der Waals surface area contributed by atoms with Crippen molar-refractivity contribution >= 4 is 17.8 Å². The second kappa shape index (κ2) is 7.84. The van der Waals surface area contributed by atoms with Crippen molar-refractivity contribution in [1.29, 1.82) is 0 Å². The minimum Gasteiger partial charge on any atom is -0.479 e. The number of hydrogen-bond acceptors (Lipinski definition) is 5. The molecule has 1 heterocycles. The molecule has 1 fully saturated rings. The lowest BCUT2D eigenvalue weighted by atomic mass is 10.1. The summed E-state index contributed by atoms with van der Waals surface area (Å²) in [6.45, 7) is 4.13. The zero-order chi connectivity index (χ0) is 15.1. The zero-order valence-electron chi connectivity index (χ0n) is 11.8. The van der Waals surface area contributed by atoms with Crippen LogP contribution in [0.15, 0.2) is 0 Å². The molecule has 2 atom stereocenters. The van der Waals surface area contributed by atoms with Crippen LogP contribution < -0.4 is 0 Å². The minimum absolute atomic E-state index is 0.127. The largest absolute Gasteiger partial charge is 0.479 e. The number of esters is 1. The van der Waals surface area contributed by atoms with Crippen molar-refractivity contribution in [2.45, 2.75) is 45.3 Å². The van der Waals surface area contributed by atoms with Crippen molar-refractivity contribution in [2.24, 2.45) is 0 Å². The number of rotatable bonds is 7. The normalized spacial score (nSPS) is 21.5. The molecule has 1 aliphatic rings. The van der Waals surface area contributed by atoms with Crippen LogP contribution >= 0.6 is 0 Å². The van der Waals surface area contributed by atoms with Gasteiger partial charge < -0.3 is 19.5 Å². The zero-order valence-corrected chi connectivity index (χ0v) is 11.8. The van der Waals surface area contributed by atoms with Gasteiger partial charge in [0.15, 0.2) is 6.10 Å². The Morgan fingerprint density at radius 2 is 1.90 bits per heavy atom. The maximum absolute atomic E-state index is 12.2. The monoisotopic (exact) mass is 287 g/mol. The fourth-order valence-corrected chi connectivity index (χ4v) is 2.10. The Hall–Kier alpha value is -1.63. The molecular weight excluding hydrogens is 266 g/mol. The van der Waals surface area contributed by atoms with Gasteiger partial charge in [-0.25, -0.2) is 4.79 Å². The Kier molecular flexibility index (Phi) is 6.44. The van der Waals surface area contributed by atoms with Crippen molar-refractivity contribution in [2.75, 3.05) is 19.7 Å². The van der Waals surface area contributed by atoms with Crippen LogP contribution in [0.5, 0.6) is 0 Å². The number of carbonyl (C=O) groups excluding carboxylic acids is 2. The summed E-state index contributed by atoms with van der Waals surface area (Å²) in [4.78, 5) is 35.9. The van der Waals surface area contributed by atoms with Crippen LogP contribution in [-0.2, 0) is 23.9 Å². The summed E-state index contributed by atoms with van der Waals surface area (Å²) >= 11 is 0. The molecule has 20 heavy (non-hydrogen) atoms. The van der Waals surface area contributed by atoms with Gasteiger partial charge in [-0.2, -0.15) is 0 Å². The maximum Gasteiger partial charge on any atom is 0.332 e. The van der Waals surface area contributed by atoms with Gasteiger partial charge in [-0.05, 0) is 26.2 Å². The van der Waals surface area contributed by atoms with E-state index in [-0.39, 0.29) is 19.1 Å². The molecule has 1 aliphatic heterocycles. The van der Waals surface area contributed by atoms with Gasteiger partial charge in [0.25, 0.3) is 5.91 Å². The van der Waals surface area contributed by atoms with Crippen LogP contribution in [0.1, 0.15) is 33.1 Å². The molecule has 0 radical (unpaired) electrons. The van der Waals surface area contributed by atoms with Crippen molar-refractivity contribution in [3.8, 4) is 0 Å². The Labute approximate surface area is 117 Å². The fourth-order valence-electron chi connectivity index (χ4n) is 2.10. The lowest BCUT2D eigenvalue weighted by Gasteiger charge is -2.24. The second-order valence-electron chi connectivity index (χ2n) is 4.59. The lowest BCUT2D eigenvalue weighted by molar-refractivity contribution is -0.158. The Balaban J connectivity index is 2.60. The van der Waals surface area contributed by atoms with Crippen molar-refractivity contribution in [1.82, 2.24) is 4.90 Å². The van der Waals surface area contributed by atoms with Gasteiger partial charge in [0.05, 0.1) is 6.61 Å². The Bertz CT molecular complexity index is 370. The minimum atomic E-state index is -1.06. The van der Waals surface area contributed by atoms with E-state index in [0.29, 0.717) is 25.8 Å². The van der Waals surface area contributed by atoms with E-state index in [9.17, 15) is 14.4 Å². The first-order valence-electron chi connectivity index (χ1n) is 6.82. The number of carboxylic acids is 1. The number of carbonyl (C=O) groups is 3. The predicted octanol–water partition coefficient (Wildman–Crippen LogP) is 0.420. The van der Waals surface area contributed by atoms with E-state index in [1.54, 1.807) is 6.92 Å². The first-order chi connectivity index (χ1) is 9.49. The number of hydrogen-bond donors (Lipinski definition) is 1. The van der Waals surface area contributed by atoms with Gasteiger partial charge in [0.2, 0.25) is 0 Å². The van der Waals surface area contributed by atoms with Gasteiger partial charge in [-0.15, -0.1) is 0 Å². The highest BCUT2D eigenvalue weighted by Gasteiger charge is 2.37. The van der Waals surface area contributed by atoms with Gasteiger partial charge in [0, 0.05) is 6.54 Å². The molecule has 0 aromatic rings. The number of carboxylic acid groups (broad SMARTS) is 1. The average Bonchev–Trinajstić information content (AvgIpc) is 2.87. The molecule has 1 amide bonds. The van der Waals surface area contributed by atoms with Crippen LogP contribution in [0.3, 0.4) is 0 Å². The quantitative estimate of drug-likeness (QED) is 0.682. The first-order valence-corrected chi connectivity index (χ1v) is 6.82. The van der Waals surface area contributed by atoms with Crippen LogP contribution in [0.25, 0.3) is 0 Å². The van der Waals surface area contributed by atoms with E-state index in [0.717, 1.165) is 0 Å². The van der Waals surface area contributed by atoms with E-state index in [1.807, 2.05) is 6.92 Å². The molecule has 1 rings (SSSR count). The Morgan fingerprint density at radius 1 is 1.25 bits per heavy atom. The molecule has 2 unspecified atom stereocenters. The van der Waals surface area contributed by atoms with Crippen molar-refractivity contribution in [3.05, 3.63) is 0 Å². The van der Waals surface area contributed by atoms with Crippen LogP contribution in [0.4, 0.5) is 0 Å². The van der Waals surface area contributed by atoms with E-state index in [1.165, 1.54) is 4.90 Å². The van der Waals surface area contributed by atoms with Crippen molar-refractivity contribution < 1.29 is 29.0 Å². The summed E-state index contributed by atoms with van der Waals surface area (Å²) in [6, 6.07) is 0. The van der Waals surface area contributed by atoms with Gasteiger partial charge in [-0.3, -0.25) is 9.59 Å². The highest BCUT2D eigenvalue weighted by Crippen LogP contribution is 2.21. The van der Waals surface area contributed by atoms with E-state index < -0.39 is 24.1 Å². The third-order valence-electron chi connectivity index (χ3n) is 3.00. The molecule has 1 saturated heterocycles. The smallest absolute Gasteiger partial charge is 0.332 e. The Morgan fingerprint density at radius 3 is 2.40 bits per heavy atom. The number of ether oxygens (including phenoxy) is 2. The first kappa shape index (κ1) is 16.4. The summed E-state index contributed by atoms with van der Waals surface area (Å²) in [5, 5.41) is 8.85. The molecule has 0 saturated carbocycles. The van der Waals surface area contributed by atoms with E-state index in [2.05, 4.69) is 0 Å². The molecule has 1 N–H and O–H groups in total. The lowest BCUT2D eigenvalue weighted by Crippen LogP contribution is -2.43. The molecule has 0 bridgehead atoms. The second-order valence-corrected chi connectivity index (χ2v) is 4.59. The molecule has 0 spiro atoms. The summed E-state index contributed by atoms with van der Waals surface area (Å²) < 4.78 is 10.0. The molecule has 0 aliphatic carbocycles. The molecule has 7 heteroatoms. The van der Waals surface area contributed by atoms with Crippen LogP contribution in [-0.4, -0.2) is 59.8 Å². The topological polar surface area (TPSA) is 93.1 Å². The summed E-state index contributed by atoms with van der Waals surface area (Å²) in [6.07, 6.45) is -0.350. The molecule has 114 valence electrons. The molecule has 7 nitrogen and oxygen atoms in total. The predicted molar refractivity (Wildman–Crippen MR) is 69.0 cm³/mol. The summed E-state index contributed by atoms with van der Waals surface area (Å²) in [5.74, 6) is -1.88. The summed E-state index contributed by atoms with van der Waals surface area (Å²) in [5.41, 5.74) is 0. The van der Waals surface area contributed by atoms with Gasteiger partial charge in [-0.1, -0.05) is 6.92 Å². The van der Waals surface area contributed by atoms with E-state index >= 15 is 0 Å². The number of nitrogens with zero attached hydrogens (tertiary/aromatic N) is 1. The average molecular weight is 287 g/mol. The molecular formula is C13H21NO6. The van der Waals surface area contributed by atoms with Gasteiger partial charge in [0.1, 0.15) is 12.6 Å². The van der Waals surface area contributed by atoms with Crippen LogP contribution in [0.2, 0.25) is 0 Å².